The fourth-order valence-electron chi connectivity index (χ4n) is 6.45. The van der Waals surface area contributed by atoms with E-state index in [9.17, 15) is 24.6 Å². The molecule has 0 aromatic heterocycles. The summed E-state index contributed by atoms with van der Waals surface area (Å²) in [6, 6.07) is 7.66. The Hall–Kier alpha value is -3.37. The number of terminal acetylenes is 2. The minimum absolute atomic E-state index is 0.0267. The smallest absolute Gasteiger partial charge is 0.244 e. The van der Waals surface area contributed by atoms with Crippen molar-refractivity contribution < 1.29 is 24.6 Å². The van der Waals surface area contributed by atoms with E-state index in [-0.39, 0.29) is 12.3 Å². The van der Waals surface area contributed by atoms with Crippen LogP contribution in [0.2, 0.25) is 0 Å². The fraction of sp³-hybridized carbons (Fsp3) is 0.667. The number of likely N-dealkylation sites (N-methyl/N-ethyl adjacent to an activating group) is 2. The zero-order chi connectivity index (χ0) is 35.5. The van der Waals surface area contributed by atoms with Crippen LogP contribution < -0.4 is 10.6 Å². The summed E-state index contributed by atoms with van der Waals surface area (Å²) in [7, 11) is 1.75. The van der Waals surface area contributed by atoms with Crippen LogP contribution in [0.15, 0.2) is 30.3 Å². The van der Waals surface area contributed by atoms with E-state index >= 15 is 0 Å². The molecule has 0 heterocycles. The average molecular weight is 665 g/mol. The number of nitrogens with one attached hydrogen (secondary N) is 2. The highest BCUT2D eigenvalue weighted by molar-refractivity contribution is 5.91. The summed E-state index contributed by atoms with van der Waals surface area (Å²) in [6.45, 7) is 8.90. The van der Waals surface area contributed by atoms with E-state index in [0.717, 1.165) is 57.3 Å². The molecule has 3 unspecified atom stereocenters. The molecular weight excluding hydrogens is 604 g/mol. The van der Waals surface area contributed by atoms with Gasteiger partial charge in [0, 0.05) is 38.9 Å². The van der Waals surface area contributed by atoms with Crippen molar-refractivity contribution >= 4 is 17.7 Å². The van der Waals surface area contributed by atoms with Gasteiger partial charge in [-0.3, -0.25) is 14.4 Å². The number of carbonyl (C=O) groups excluding carboxylic acids is 3. The number of hydrogen-bond donors (Lipinski definition) is 4. The minimum atomic E-state index is -1.21. The highest BCUT2D eigenvalue weighted by atomic mass is 16.3. The Morgan fingerprint density at radius 3 is 2.25 bits per heavy atom. The van der Waals surface area contributed by atoms with Crippen LogP contribution >= 0.6 is 0 Å². The number of amides is 3. The first-order valence-corrected chi connectivity index (χ1v) is 17.9. The molecule has 0 aliphatic heterocycles. The van der Waals surface area contributed by atoms with Crippen LogP contribution in [0, 0.1) is 42.4 Å². The van der Waals surface area contributed by atoms with Gasteiger partial charge in [0.25, 0.3) is 0 Å². The molecule has 0 radical (unpaired) electrons. The molecule has 6 atom stereocenters. The third-order valence-electron chi connectivity index (χ3n) is 9.80. The lowest BCUT2D eigenvalue weighted by molar-refractivity contribution is -0.137. The van der Waals surface area contributed by atoms with Gasteiger partial charge >= 0.3 is 0 Å². The van der Waals surface area contributed by atoms with E-state index in [4.69, 9.17) is 12.8 Å². The number of aliphatic hydroxyl groups is 2. The first-order chi connectivity index (χ1) is 23.0. The van der Waals surface area contributed by atoms with Gasteiger partial charge in [-0.2, -0.15) is 0 Å². The number of aliphatic hydroxyl groups excluding tert-OH is 2. The van der Waals surface area contributed by atoms with Crippen molar-refractivity contribution in [2.75, 3.05) is 33.2 Å². The summed E-state index contributed by atoms with van der Waals surface area (Å²) in [4.78, 5) is 45.1. The van der Waals surface area contributed by atoms with E-state index < -0.39 is 47.9 Å². The average Bonchev–Trinajstić information content (AvgIpc) is 3.10. The van der Waals surface area contributed by atoms with Crippen LogP contribution in [0.5, 0.6) is 0 Å². The summed E-state index contributed by atoms with van der Waals surface area (Å²) < 4.78 is 0. The predicted molar refractivity (Wildman–Crippen MR) is 191 cm³/mol. The zero-order valence-corrected chi connectivity index (χ0v) is 29.7. The van der Waals surface area contributed by atoms with Crippen LogP contribution in [0.4, 0.5) is 0 Å². The van der Waals surface area contributed by atoms with Crippen LogP contribution in [0.3, 0.4) is 0 Å². The molecule has 1 saturated carbocycles. The van der Waals surface area contributed by atoms with Crippen LogP contribution in [-0.4, -0.2) is 95.3 Å². The maximum atomic E-state index is 13.9. The Morgan fingerprint density at radius 2 is 1.65 bits per heavy atom. The Kier molecular flexibility index (Phi) is 19.0. The van der Waals surface area contributed by atoms with Crippen molar-refractivity contribution in [2.45, 2.75) is 116 Å². The normalized spacial score (nSPS) is 17.2. The molecule has 0 spiro atoms. The van der Waals surface area contributed by atoms with Gasteiger partial charge in [0.1, 0.15) is 6.04 Å². The molecule has 0 saturated heterocycles. The second-order valence-corrected chi connectivity index (χ2v) is 13.4. The van der Waals surface area contributed by atoms with Gasteiger partial charge in [-0.05, 0) is 57.2 Å². The molecule has 4 N–H and O–H groups in total. The number of rotatable bonds is 21. The van der Waals surface area contributed by atoms with E-state index in [0.29, 0.717) is 44.6 Å². The Bertz CT molecular complexity index is 1180. The first kappa shape index (κ1) is 40.8. The van der Waals surface area contributed by atoms with Crippen molar-refractivity contribution in [2.24, 2.45) is 17.8 Å². The fourth-order valence-corrected chi connectivity index (χ4v) is 6.45. The standard InChI is InChI=1S/C39H60N4O5/c1-7-11-14-23-34(44)37(46)33(27-31-21-17-13-18-22-31)40-39(48)36(29(5)8-2)41-38(47)32(26-30-19-15-12-16-20-30)28-35(45)42(6)24-25-43(9-3)10-4/h1-2,12,15-16,19-20,29,31-34,36-37,44,46H,9-11,13-14,17-18,21-28H2,3-6H3,(H,40,48)(H,41,47)/t29?,32?,33?,34-,36-,37+/m0/s1. The number of nitrogens with zero attached hydrogens (tertiary/aromatic N) is 2. The van der Waals surface area contributed by atoms with Gasteiger partial charge in [0.2, 0.25) is 17.7 Å². The number of carbonyl (C=O) groups is 3. The molecule has 3 amide bonds. The summed E-state index contributed by atoms with van der Waals surface area (Å²) in [5.41, 5.74) is 0.900. The molecule has 2 rings (SSSR count). The monoisotopic (exact) mass is 664 g/mol. The van der Waals surface area contributed by atoms with Gasteiger partial charge in [-0.25, -0.2) is 0 Å². The lowest BCUT2D eigenvalue weighted by Gasteiger charge is -2.34. The van der Waals surface area contributed by atoms with Crippen molar-refractivity contribution in [1.82, 2.24) is 20.4 Å². The van der Waals surface area contributed by atoms with E-state index in [1.807, 2.05) is 30.3 Å². The van der Waals surface area contributed by atoms with E-state index in [1.165, 1.54) is 0 Å². The van der Waals surface area contributed by atoms with Crippen molar-refractivity contribution in [3.8, 4) is 24.7 Å². The van der Waals surface area contributed by atoms with Crippen LogP contribution in [0.1, 0.15) is 90.5 Å². The maximum absolute atomic E-state index is 13.9. The molecule has 1 aromatic carbocycles. The quantitative estimate of drug-likeness (QED) is 0.117. The van der Waals surface area contributed by atoms with Gasteiger partial charge in [-0.1, -0.05) is 76.3 Å². The molecule has 1 aliphatic carbocycles. The molecule has 1 aliphatic rings. The minimum Gasteiger partial charge on any atom is -0.390 e. The Labute approximate surface area is 289 Å². The highest BCUT2D eigenvalue weighted by Crippen LogP contribution is 2.29. The highest BCUT2D eigenvalue weighted by Gasteiger charge is 2.35. The van der Waals surface area contributed by atoms with Crippen molar-refractivity contribution in [1.29, 1.82) is 0 Å². The van der Waals surface area contributed by atoms with Crippen LogP contribution in [0.25, 0.3) is 0 Å². The van der Waals surface area contributed by atoms with Crippen LogP contribution in [-0.2, 0) is 20.8 Å². The maximum Gasteiger partial charge on any atom is 0.244 e. The summed E-state index contributed by atoms with van der Waals surface area (Å²) in [6.07, 6.45) is 16.4. The molecule has 266 valence electrons. The third-order valence-corrected chi connectivity index (χ3v) is 9.80. The molecular formula is C39H60N4O5. The third kappa shape index (κ3) is 14.0. The van der Waals surface area contributed by atoms with Gasteiger partial charge in [0.15, 0.2) is 0 Å². The molecule has 1 fully saturated rings. The number of hydrogen-bond acceptors (Lipinski definition) is 6. The zero-order valence-electron chi connectivity index (χ0n) is 29.7. The predicted octanol–water partition coefficient (Wildman–Crippen LogP) is 3.77. The number of unbranched alkanes of at least 4 members (excludes halogenated alkanes) is 1. The van der Waals surface area contributed by atoms with Crippen molar-refractivity contribution in [3.05, 3.63) is 35.9 Å². The second kappa shape index (κ2) is 22.3. The largest absolute Gasteiger partial charge is 0.390 e. The van der Waals surface area contributed by atoms with Gasteiger partial charge in [-0.15, -0.1) is 24.7 Å². The topological polar surface area (TPSA) is 122 Å². The summed E-state index contributed by atoms with van der Waals surface area (Å²) in [5, 5.41) is 27.9. The van der Waals surface area contributed by atoms with Gasteiger partial charge < -0.3 is 30.6 Å². The number of benzene rings is 1. The molecule has 9 heteroatoms. The van der Waals surface area contributed by atoms with E-state index in [1.54, 1.807) is 18.9 Å². The Balaban J connectivity index is 2.26. The van der Waals surface area contributed by atoms with E-state index in [2.05, 4.69) is 41.2 Å². The SMILES string of the molecule is C#CCCC[C@H](O)[C@H](O)C(CC1CCCCC1)NC(=O)[C@@H](NC(=O)C(CC(=O)N(C)CCN(CC)CC)Cc1ccccc1)C(C)C#C. The lowest BCUT2D eigenvalue weighted by Crippen LogP contribution is -2.57. The lowest BCUT2D eigenvalue weighted by atomic mass is 9.82. The Morgan fingerprint density at radius 1 is 0.979 bits per heavy atom. The summed E-state index contributed by atoms with van der Waals surface area (Å²) in [5.74, 6) is 2.92. The molecule has 48 heavy (non-hydrogen) atoms. The molecule has 1 aromatic rings. The second-order valence-electron chi connectivity index (χ2n) is 13.4. The molecule has 0 bridgehead atoms. The van der Waals surface area contributed by atoms with Crippen molar-refractivity contribution in [3.63, 3.8) is 0 Å². The first-order valence-electron chi connectivity index (χ1n) is 17.9. The van der Waals surface area contributed by atoms with Gasteiger partial charge in [0.05, 0.1) is 24.2 Å². The summed E-state index contributed by atoms with van der Waals surface area (Å²) >= 11 is 0. The molecule has 9 nitrogen and oxygen atoms in total.